The van der Waals surface area contributed by atoms with Crippen molar-refractivity contribution >= 4 is 33.8 Å². The number of ketones is 2. The van der Waals surface area contributed by atoms with Crippen LogP contribution in [-0.2, 0) is 7.05 Å². The minimum absolute atomic E-state index is 0.0864. The smallest absolute Gasteiger partial charge is 0.193 e. The molecule has 0 aliphatic carbocycles. The highest BCUT2D eigenvalue weighted by atomic mass is 32.1. The molecule has 5 aromatic rings. The van der Waals surface area contributed by atoms with Gasteiger partial charge in [0.2, 0.25) is 0 Å². The number of rotatable bonds is 5. The zero-order valence-electron chi connectivity index (χ0n) is 16.9. The molecular formula is C27H19NO2S. The summed E-state index contributed by atoms with van der Waals surface area (Å²) in [5, 5.41) is 2.89. The zero-order chi connectivity index (χ0) is 21.4. The number of benzene rings is 3. The Kier molecular flexibility index (Phi) is 4.85. The standard InChI is InChI=1S/C27H19NO2S/c1-28-23-16-20(26(29)18-9-4-2-5-10-18)15-22(27(30)19-11-6-3-7-12-19)21(23)17-24(28)25-13-8-14-31-25/h2-17H,1H3. The molecule has 0 fully saturated rings. The summed E-state index contributed by atoms with van der Waals surface area (Å²) in [6, 6.07) is 28.1. The molecular weight excluding hydrogens is 402 g/mol. The van der Waals surface area contributed by atoms with E-state index in [1.54, 1.807) is 29.5 Å². The topological polar surface area (TPSA) is 39.1 Å². The van der Waals surface area contributed by atoms with Crippen molar-refractivity contribution in [3.05, 3.63) is 119 Å². The first-order chi connectivity index (χ1) is 15.1. The molecule has 4 heteroatoms. The van der Waals surface area contributed by atoms with Gasteiger partial charge in [-0.2, -0.15) is 0 Å². The lowest BCUT2D eigenvalue weighted by Crippen LogP contribution is -2.07. The predicted molar refractivity (Wildman–Crippen MR) is 126 cm³/mol. The van der Waals surface area contributed by atoms with Gasteiger partial charge in [-0.15, -0.1) is 11.3 Å². The van der Waals surface area contributed by atoms with Crippen LogP contribution < -0.4 is 0 Å². The molecule has 0 unspecified atom stereocenters. The van der Waals surface area contributed by atoms with E-state index in [9.17, 15) is 9.59 Å². The molecule has 0 atom stereocenters. The van der Waals surface area contributed by atoms with Crippen molar-refractivity contribution < 1.29 is 9.59 Å². The maximum atomic E-state index is 13.5. The van der Waals surface area contributed by atoms with Crippen LogP contribution in [0, 0.1) is 0 Å². The maximum Gasteiger partial charge on any atom is 0.193 e. The summed E-state index contributed by atoms with van der Waals surface area (Å²) in [7, 11) is 1.98. The van der Waals surface area contributed by atoms with Crippen LogP contribution in [0.3, 0.4) is 0 Å². The van der Waals surface area contributed by atoms with Crippen molar-refractivity contribution in [2.24, 2.45) is 7.05 Å². The van der Waals surface area contributed by atoms with Crippen molar-refractivity contribution in [2.75, 3.05) is 0 Å². The van der Waals surface area contributed by atoms with Gasteiger partial charge in [0.15, 0.2) is 11.6 Å². The third-order valence-electron chi connectivity index (χ3n) is 5.51. The second-order valence-corrected chi connectivity index (χ2v) is 8.36. The van der Waals surface area contributed by atoms with Crippen molar-refractivity contribution in [3.8, 4) is 10.6 Å². The summed E-state index contributed by atoms with van der Waals surface area (Å²) in [4.78, 5) is 27.8. The van der Waals surface area contributed by atoms with E-state index in [0.717, 1.165) is 21.5 Å². The summed E-state index contributed by atoms with van der Waals surface area (Å²) < 4.78 is 2.06. The second kappa shape index (κ2) is 7.82. The largest absolute Gasteiger partial charge is 0.343 e. The van der Waals surface area contributed by atoms with Gasteiger partial charge in [-0.25, -0.2) is 0 Å². The second-order valence-electron chi connectivity index (χ2n) is 7.41. The van der Waals surface area contributed by atoms with Gasteiger partial charge < -0.3 is 4.57 Å². The molecule has 0 spiro atoms. The summed E-state index contributed by atoms with van der Waals surface area (Å²) >= 11 is 1.65. The summed E-state index contributed by atoms with van der Waals surface area (Å²) in [6.45, 7) is 0. The van der Waals surface area contributed by atoms with Gasteiger partial charge in [0.05, 0.1) is 10.6 Å². The minimum atomic E-state index is -0.0940. The van der Waals surface area contributed by atoms with Crippen LogP contribution in [0.2, 0.25) is 0 Å². The maximum absolute atomic E-state index is 13.5. The van der Waals surface area contributed by atoms with E-state index in [-0.39, 0.29) is 11.6 Å². The molecule has 3 aromatic carbocycles. The quantitative estimate of drug-likeness (QED) is 0.309. The molecule has 2 aromatic heterocycles. The molecule has 3 nitrogen and oxygen atoms in total. The Balaban J connectivity index is 1.75. The fraction of sp³-hybridized carbons (Fsp3) is 0.0370. The average Bonchev–Trinajstić information content (AvgIpc) is 3.47. The first-order valence-electron chi connectivity index (χ1n) is 10.0. The van der Waals surface area contributed by atoms with E-state index in [1.165, 1.54) is 0 Å². The van der Waals surface area contributed by atoms with Crippen molar-refractivity contribution in [1.82, 2.24) is 4.57 Å². The van der Waals surface area contributed by atoms with Crippen LogP contribution in [0.5, 0.6) is 0 Å². The normalized spacial score (nSPS) is 11.0. The fourth-order valence-corrected chi connectivity index (χ4v) is 4.69. The molecule has 0 saturated heterocycles. The van der Waals surface area contributed by atoms with E-state index in [0.29, 0.717) is 22.3 Å². The Bertz CT molecular complexity index is 1400. The number of aryl methyl sites for hydroxylation is 1. The molecule has 2 heterocycles. The van der Waals surface area contributed by atoms with E-state index in [1.807, 2.05) is 79.2 Å². The molecule has 0 radical (unpaired) electrons. The highest BCUT2D eigenvalue weighted by Gasteiger charge is 2.21. The zero-order valence-corrected chi connectivity index (χ0v) is 17.7. The number of carbonyl (C=O) groups is 2. The number of hydrogen-bond donors (Lipinski definition) is 0. The van der Waals surface area contributed by atoms with Crippen molar-refractivity contribution in [1.29, 1.82) is 0 Å². The van der Waals surface area contributed by atoms with Gasteiger partial charge in [0.1, 0.15) is 0 Å². The van der Waals surface area contributed by atoms with E-state index < -0.39 is 0 Å². The molecule has 0 aliphatic heterocycles. The van der Waals surface area contributed by atoms with Gasteiger partial charge in [-0.1, -0.05) is 66.7 Å². The molecule has 5 rings (SSSR count). The molecule has 0 bridgehead atoms. The van der Waals surface area contributed by atoms with Gasteiger partial charge >= 0.3 is 0 Å². The molecule has 0 saturated carbocycles. The van der Waals surface area contributed by atoms with Gasteiger partial charge in [0, 0.05) is 40.2 Å². The summed E-state index contributed by atoms with van der Waals surface area (Å²) in [5.74, 6) is -0.180. The number of thiophene rings is 1. The predicted octanol–water partition coefficient (Wildman–Crippen LogP) is 6.37. The lowest BCUT2D eigenvalue weighted by atomic mass is 9.94. The van der Waals surface area contributed by atoms with Gasteiger partial charge in [-0.05, 0) is 29.6 Å². The highest BCUT2D eigenvalue weighted by molar-refractivity contribution is 7.13. The van der Waals surface area contributed by atoms with Crippen LogP contribution in [0.25, 0.3) is 21.5 Å². The van der Waals surface area contributed by atoms with Crippen LogP contribution >= 0.6 is 11.3 Å². The molecule has 0 amide bonds. The van der Waals surface area contributed by atoms with Crippen LogP contribution in [0.4, 0.5) is 0 Å². The lowest BCUT2D eigenvalue weighted by molar-refractivity contribution is 0.103. The first kappa shape index (κ1) is 19.2. The molecule has 31 heavy (non-hydrogen) atoms. The number of hydrogen-bond acceptors (Lipinski definition) is 3. The summed E-state index contributed by atoms with van der Waals surface area (Å²) in [5.41, 5.74) is 4.15. The van der Waals surface area contributed by atoms with Crippen molar-refractivity contribution in [3.63, 3.8) is 0 Å². The van der Waals surface area contributed by atoms with E-state index in [2.05, 4.69) is 10.6 Å². The summed E-state index contributed by atoms with van der Waals surface area (Å²) in [6.07, 6.45) is 0. The molecule has 0 aliphatic rings. The SMILES string of the molecule is Cn1c(-c2cccs2)cc2c(C(=O)c3ccccc3)cc(C(=O)c3ccccc3)cc21. The monoisotopic (exact) mass is 421 g/mol. The molecule has 0 N–H and O–H groups in total. The Labute approximate surface area is 184 Å². The third kappa shape index (κ3) is 3.41. The number of aromatic nitrogens is 1. The molecule has 150 valence electrons. The average molecular weight is 422 g/mol. The van der Waals surface area contributed by atoms with Crippen LogP contribution in [0.1, 0.15) is 31.8 Å². The van der Waals surface area contributed by atoms with Crippen molar-refractivity contribution in [2.45, 2.75) is 0 Å². The third-order valence-corrected chi connectivity index (χ3v) is 6.41. The van der Waals surface area contributed by atoms with Crippen LogP contribution in [-0.4, -0.2) is 16.1 Å². The highest BCUT2D eigenvalue weighted by Crippen LogP contribution is 2.34. The lowest BCUT2D eigenvalue weighted by Gasteiger charge is -2.09. The fourth-order valence-electron chi connectivity index (χ4n) is 3.91. The number of carbonyl (C=O) groups excluding carboxylic acids is 2. The van der Waals surface area contributed by atoms with E-state index >= 15 is 0 Å². The Hall–Kier alpha value is -3.76. The van der Waals surface area contributed by atoms with Gasteiger partial charge in [0.25, 0.3) is 0 Å². The van der Waals surface area contributed by atoms with Gasteiger partial charge in [-0.3, -0.25) is 9.59 Å². The number of nitrogens with zero attached hydrogens (tertiary/aromatic N) is 1. The Morgan fingerprint density at radius 2 is 1.35 bits per heavy atom. The number of fused-ring (bicyclic) bond motifs is 1. The first-order valence-corrected chi connectivity index (χ1v) is 10.9. The Morgan fingerprint density at radius 3 is 1.97 bits per heavy atom. The Morgan fingerprint density at radius 1 is 0.710 bits per heavy atom. The van der Waals surface area contributed by atoms with E-state index in [4.69, 9.17) is 0 Å². The minimum Gasteiger partial charge on any atom is -0.343 e. The van der Waals surface area contributed by atoms with Crippen LogP contribution in [0.15, 0.2) is 96.4 Å².